The molecule has 0 saturated carbocycles. The van der Waals surface area contributed by atoms with Gasteiger partial charge >= 0.3 is 6.03 Å². The summed E-state index contributed by atoms with van der Waals surface area (Å²) in [6.07, 6.45) is 4.54. The van der Waals surface area contributed by atoms with E-state index in [-0.39, 0.29) is 11.9 Å². The molecule has 1 aliphatic rings. The van der Waals surface area contributed by atoms with Crippen LogP contribution in [0.1, 0.15) is 33.8 Å². The van der Waals surface area contributed by atoms with Gasteiger partial charge < -0.3 is 15.5 Å². The van der Waals surface area contributed by atoms with Crippen LogP contribution in [0.25, 0.3) is 0 Å². The molecule has 3 N–H and O–H groups in total. The second kappa shape index (κ2) is 10.8. The molecule has 168 valence electrons. The first kappa shape index (κ1) is 22.5. The standard InChI is InChI=1S/C21H23ClN6O2S2/c22-17-6-5-15(32-17)12-25-20(30)27-21-26-14(13-31-21)7-9-24-19(29)16-4-3-8-23-18(16)28-10-1-2-11-28/h3-6,8,13H,1-2,7,9-12H2,(H,24,29)(H2,25,26,27,30). The summed E-state index contributed by atoms with van der Waals surface area (Å²) in [4.78, 5) is 36.7. The van der Waals surface area contributed by atoms with Crippen molar-refractivity contribution in [1.82, 2.24) is 20.6 Å². The SMILES string of the molecule is O=C(NCc1ccc(Cl)s1)Nc1nc(CCNC(=O)c2cccnc2N2CCCC2)cs1. The van der Waals surface area contributed by atoms with Gasteiger partial charge in [0.05, 0.1) is 22.1 Å². The molecule has 3 amide bonds. The van der Waals surface area contributed by atoms with Gasteiger partial charge in [-0.25, -0.2) is 14.8 Å². The van der Waals surface area contributed by atoms with Gasteiger partial charge in [-0.1, -0.05) is 11.6 Å². The van der Waals surface area contributed by atoms with Crippen LogP contribution >= 0.6 is 34.3 Å². The summed E-state index contributed by atoms with van der Waals surface area (Å²) in [7, 11) is 0. The summed E-state index contributed by atoms with van der Waals surface area (Å²) in [5, 5.41) is 10.8. The van der Waals surface area contributed by atoms with E-state index in [1.807, 2.05) is 17.5 Å². The second-order valence-corrected chi connectivity index (χ2v) is 9.89. The van der Waals surface area contributed by atoms with E-state index in [1.54, 1.807) is 18.3 Å². The Bertz CT molecular complexity index is 1080. The fraction of sp³-hybridized carbons (Fsp3) is 0.333. The van der Waals surface area contributed by atoms with E-state index in [4.69, 9.17) is 11.6 Å². The highest BCUT2D eigenvalue weighted by atomic mass is 35.5. The van der Waals surface area contributed by atoms with Crippen LogP contribution < -0.4 is 20.9 Å². The molecule has 4 heterocycles. The van der Waals surface area contributed by atoms with Crippen molar-refractivity contribution >= 4 is 57.2 Å². The van der Waals surface area contributed by atoms with Crippen LogP contribution in [0.2, 0.25) is 4.34 Å². The zero-order valence-corrected chi connectivity index (χ0v) is 19.7. The number of amides is 3. The van der Waals surface area contributed by atoms with Crippen molar-refractivity contribution < 1.29 is 9.59 Å². The van der Waals surface area contributed by atoms with Gasteiger partial charge in [0, 0.05) is 42.5 Å². The minimum Gasteiger partial charge on any atom is -0.356 e. The highest BCUT2D eigenvalue weighted by Crippen LogP contribution is 2.22. The lowest BCUT2D eigenvalue weighted by Crippen LogP contribution is -2.29. The smallest absolute Gasteiger partial charge is 0.321 e. The Balaban J connectivity index is 1.23. The van der Waals surface area contributed by atoms with Crippen molar-refractivity contribution in [2.24, 2.45) is 0 Å². The molecule has 0 unspecified atom stereocenters. The molecule has 1 saturated heterocycles. The maximum atomic E-state index is 12.7. The molecule has 0 bridgehead atoms. The van der Waals surface area contributed by atoms with Gasteiger partial charge in [-0.05, 0) is 37.1 Å². The van der Waals surface area contributed by atoms with E-state index < -0.39 is 0 Å². The number of hydrogen-bond donors (Lipinski definition) is 3. The molecular weight excluding hydrogens is 468 g/mol. The number of urea groups is 1. The average Bonchev–Trinajstić information content (AvgIpc) is 3.55. The monoisotopic (exact) mass is 490 g/mol. The van der Waals surface area contributed by atoms with Gasteiger partial charge in [0.2, 0.25) is 0 Å². The highest BCUT2D eigenvalue weighted by Gasteiger charge is 2.20. The number of nitrogens with one attached hydrogen (secondary N) is 3. The minimum atomic E-state index is -0.324. The molecule has 32 heavy (non-hydrogen) atoms. The summed E-state index contributed by atoms with van der Waals surface area (Å²) < 4.78 is 0.690. The van der Waals surface area contributed by atoms with Gasteiger partial charge in [-0.15, -0.1) is 22.7 Å². The zero-order valence-electron chi connectivity index (χ0n) is 17.3. The lowest BCUT2D eigenvalue weighted by Gasteiger charge is -2.19. The molecule has 1 fully saturated rings. The van der Waals surface area contributed by atoms with Crippen LogP contribution in [0, 0.1) is 0 Å². The van der Waals surface area contributed by atoms with E-state index in [2.05, 4.69) is 30.8 Å². The number of pyridine rings is 1. The van der Waals surface area contributed by atoms with Crippen LogP contribution in [0.4, 0.5) is 15.7 Å². The Labute approximate surface area is 199 Å². The molecule has 3 aromatic rings. The number of carbonyl (C=O) groups is 2. The number of aromatic nitrogens is 2. The van der Waals surface area contributed by atoms with Gasteiger partial charge in [-0.3, -0.25) is 10.1 Å². The number of carbonyl (C=O) groups excluding carboxylic acids is 2. The molecule has 11 heteroatoms. The highest BCUT2D eigenvalue weighted by molar-refractivity contribution is 7.16. The third-order valence-corrected chi connectivity index (χ3v) is 6.97. The number of thiophene rings is 1. The van der Waals surface area contributed by atoms with Crippen LogP contribution in [0.15, 0.2) is 35.8 Å². The summed E-state index contributed by atoms with van der Waals surface area (Å²) in [6, 6.07) is 6.95. The number of halogens is 1. The van der Waals surface area contributed by atoms with Crippen LogP contribution in [0.5, 0.6) is 0 Å². The zero-order chi connectivity index (χ0) is 22.3. The van der Waals surface area contributed by atoms with E-state index in [0.717, 1.165) is 42.3 Å². The van der Waals surface area contributed by atoms with Crippen molar-refractivity contribution in [2.45, 2.75) is 25.8 Å². The van der Waals surface area contributed by atoms with Crippen LogP contribution in [0.3, 0.4) is 0 Å². The third-order valence-electron chi connectivity index (χ3n) is 4.93. The Morgan fingerprint density at radius 3 is 2.78 bits per heavy atom. The number of rotatable bonds is 8. The molecule has 0 atom stereocenters. The molecular formula is C21H23ClN6O2S2. The van der Waals surface area contributed by atoms with Crippen LogP contribution in [-0.2, 0) is 13.0 Å². The first-order valence-electron chi connectivity index (χ1n) is 10.3. The van der Waals surface area contributed by atoms with Crippen LogP contribution in [-0.4, -0.2) is 41.5 Å². The van der Waals surface area contributed by atoms with Crippen molar-refractivity contribution in [2.75, 3.05) is 29.9 Å². The van der Waals surface area contributed by atoms with E-state index in [0.29, 0.717) is 34.5 Å². The lowest BCUT2D eigenvalue weighted by atomic mass is 10.2. The van der Waals surface area contributed by atoms with Gasteiger partial charge in [0.25, 0.3) is 5.91 Å². The maximum Gasteiger partial charge on any atom is 0.321 e. The number of nitrogens with zero attached hydrogens (tertiary/aromatic N) is 3. The first-order valence-corrected chi connectivity index (χ1v) is 12.4. The Kier molecular flexibility index (Phi) is 7.56. The molecule has 0 aromatic carbocycles. The van der Waals surface area contributed by atoms with Gasteiger partial charge in [-0.2, -0.15) is 0 Å². The first-order chi connectivity index (χ1) is 15.6. The van der Waals surface area contributed by atoms with Crippen molar-refractivity contribution in [1.29, 1.82) is 0 Å². The topological polar surface area (TPSA) is 99.2 Å². The molecule has 8 nitrogen and oxygen atoms in total. The Morgan fingerprint density at radius 1 is 1.16 bits per heavy atom. The fourth-order valence-electron chi connectivity index (χ4n) is 3.39. The minimum absolute atomic E-state index is 0.137. The number of hydrogen-bond acceptors (Lipinski definition) is 7. The molecule has 0 radical (unpaired) electrons. The maximum absolute atomic E-state index is 12.7. The largest absolute Gasteiger partial charge is 0.356 e. The quantitative estimate of drug-likeness (QED) is 0.440. The normalized spacial score (nSPS) is 13.2. The fourth-order valence-corrected chi connectivity index (χ4v) is 5.16. The van der Waals surface area contributed by atoms with E-state index in [1.165, 1.54) is 22.7 Å². The summed E-state index contributed by atoms with van der Waals surface area (Å²) >= 11 is 8.67. The Morgan fingerprint density at radius 2 is 2.00 bits per heavy atom. The number of thiazole rings is 1. The lowest BCUT2D eigenvalue weighted by molar-refractivity contribution is 0.0954. The van der Waals surface area contributed by atoms with Crippen molar-refractivity contribution in [3.05, 3.63) is 56.3 Å². The van der Waals surface area contributed by atoms with Crippen molar-refractivity contribution in [3.63, 3.8) is 0 Å². The number of anilines is 2. The van der Waals surface area contributed by atoms with Gasteiger partial charge in [0.15, 0.2) is 5.13 Å². The summed E-state index contributed by atoms with van der Waals surface area (Å²) in [5.41, 5.74) is 1.40. The molecule has 1 aliphatic heterocycles. The average molecular weight is 491 g/mol. The molecule has 0 spiro atoms. The molecule has 4 rings (SSSR count). The van der Waals surface area contributed by atoms with Crippen molar-refractivity contribution in [3.8, 4) is 0 Å². The molecule has 3 aromatic heterocycles. The van der Waals surface area contributed by atoms with E-state index >= 15 is 0 Å². The van der Waals surface area contributed by atoms with Gasteiger partial charge in [0.1, 0.15) is 5.82 Å². The Hall–Kier alpha value is -2.69. The predicted molar refractivity (Wildman–Crippen MR) is 129 cm³/mol. The second-order valence-electron chi connectivity index (χ2n) is 7.23. The summed E-state index contributed by atoms with van der Waals surface area (Å²) in [5.74, 6) is 0.611. The predicted octanol–water partition coefficient (Wildman–Crippen LogP) is 4.15. The van der Waals surface area contributed by atoms with E-state index in [9.17, 15) is 9.59 Å². The summed E-state index contributed by atoms with van der Waals surface area (Å²) in [6.45, 7) is 2.71. The third kappa shape index (κ3) is 5.96. The molecule has 0 aliphatic carbocycles.